The van der Waals surface area contributed by atoms with Gasteiger partial charge in [0.15, 0.2) is 5.11 Å². The zero-order chi connectivity index (χ0) is 9.14. The quantitative estimate of drug-likeness (QED) is 0.509. The van der Waals surface area contributed by atoms with E-state index in [2.05, 4.69) is 5.32 Å². The van der Waals surface area contributed by atoms with Gasteiger partial charge in [0.05, 0.1) is 6.10 Å². The van der Waals surface area contributed by atoms with Crippen molar-refractivity contribution in [1.29, 1.82) is 0 Å². The fourth-order valence-corrected chi connectivity index (χ4v) is 1.35. The van der Waals surface area contributed by atoms with E-state index in [1.54, 1.807) is 4.90 Å². The summed E-state index contributed by atoms with van der Waals surface area (Å²) < 4.78 is 0. The lowest BCUT2D eigenvalue weighted by molar-refractivity contribution is 0.186. The van der Waals surface area contributed by atoms with Crippen molar-refractivity contribution in [1.82, 2.24) is 10.2 Å². The van der Waals surface area contributed by atoms with Crippen LogP contribution in [-0.4, -0.2) is 45.5 Å². The number of aliphatic hydroxyl groups is 1. The normalized spacial score (nSPS) is 20.7. The SMILES string of the molecule is Cl.O=C(O)NC(=S)N1CC[C@@H](O)C1. The van der Waals surface area contributed by atoms with Crippen LogP contribution < -0.4 is 5.32 Å². The summed E-state index contributed by atoms with van der Waals surface area (Å²) in [5.74, 6) is 0. The highest BCUT2D eigenvalue weighted by atomic mass is 35.5. The second-order valence-electron chi connectivity index (χ2n) is 2.62. The number of nitrogens with zero attached hydrogens (tertiary/aromatic N) is 1. The Morgan fingerprint density at radius 3 is 2.62 bits per heavy atom. The Kier molecular flexibility index (Phi) is 4.97. The van der Waals surface area contributed by atoms with Crippen molar-refractivity contribution in [2.24, 2.45) is 0 Å². The summed E-state index contributed by atoms with van der Waals surface area (Å²) in [6.07, 6.45) is -0.915. The van der Waals surface area contributed by atoms with Crippen LogP contribution in [0.3, 0.4) is 0 Å². The zero-order valence-electron chi connectivity index (χ0n) is 6.77. The lowest BCUT2D eigenvalue weighted by atomic mass is 10.3. The van der Waals surface area contributed by atoms with Crippen LogP contribution in [0.1, 0.15) is 6.42 Å². The Morgan fingerprint density at radius 2 is 2.23 bits per heavy atom. The number of carbonyl (C=O) groups is 1. The molecule has 1 saturated heterocycles. The number of nitrogens with one attached hydrogen (secondary N) is 1. The Bertz CT molecular complexity index is 214. The molecule has 0 radical (unpaired) electrons. The molecule has 0 aromatic carbocycles. The first-order chi connectivity index (χ1) is 5.59. The summed E-state index contributed by atoms with van der Waals surface area (Å²) in [6, 6.07) is 0. The molecule has 0 bridgehead atoms. The predicted molar refractivity (Wildman–Crippen MR) is 53.2 cm³/mol. The van der Waals surface area contributed by atoms with Crippen LogP contribution in [0.4, 0.5) is 4.79 Å². The number of hydrogen-bond donors (Lipinski definition) is 3. The maximum absolute atomic E-state index is 10.2. The molecule has 3 N–H and O–H groups in total. The Hall–Kier alpha value is -0.590. The first-order valence-electron chi connectivity index (χ1n) is 3.56. The topological polar surface area (TPSA) is 72.8 Å². The van der Waals surface area contributed by atoms with Crippen molar-refractivity contribution >= 4 is 35.8 Å². The first-order valence-corrected chi connectivity index (χ1v) is 3.97. The smallest absolute Gasteiger partial charge is 0.410 e. The molecule has 1 aliphatic rings. The molecule has 1 atom stereocenters. The summed E-state index contributed by atoms with van der Waals surface area (Å²) >= 11 is 4.77. The highest BCUT2D eigenvalue weighted by Crippen LogP contribution is 2.08. The van der Waals surface area contributed by atoms with E-state index in [1.165, 1.54) is 0 Å². The van der Waals surface area contributed by atoms with Gasteiger partial charge in [-0.1, -0.05) is 0 Å². The molecule has 1 rings (SSSR count). The van der Waals surface area contributed by atoms with E-state index in [4.69, 9.17) is 22.4 Å². The summed E-state index contributed by atoms with van der Waals surface area (Å²) in [6.45, 7) is 1.03. The van der Waals surface area contributed by atoms with Crippen LogP contribution in [0.2, 0.25) is 0 Å². The second-order valence-corrected chi connectivity index (χ2v) is 3.01. The molecule has 5 nitrogen and oxygen atoms in total. The maximum atomic E-state index is 10.2. The molecule has 1 amide bonds. The number of aliphatic hydroxyl groups excluding tert-OH is 1. The van der Waals surface area contributed by atoms with E-state index < -0.39 is 12.2 Å². The highest BCUT2D eigenvalue weighted by Gasteiger charge is 2.22. The highest BCUT2D eigenvalue weighted by molar-refractivity contribution is 7.80. The average molecular weight is 227 g/mol. The van der Waals surface area contributed by atoms with Crippen molar-refractivity contribution in [2.45, 2.75) is 12.5 Å². The van der Waals surface area contributed by atoms with E-state index in [0.717, 1.165) is 0 Å². The van der Waals surface area contributed by atoms with Crippen LogP contribution in [0.5, 0.6) is 0 Å². The molecule has 0 spiro atoms. The van der Waals surface area contributed by atoms with Gasteiger partial charge in [0.2, 0.25) is 0 Å². The standard InChI is InChI=1S/C6H10N2O3S.ClH/c9-4-1-2-8(3-4)5(12)7-6(10)11;/h4,9H,1-3H2,(H,7,12)(H,10,11);1H/t4-;/m1./s1. The van der Waals surface area contributed by atoms with Crippen molar-refractivity contribution in [2.75, 3.05) is 13.1 Å². The first kappa shape index (κ1) is 12.4. The largest absolute Gasteiger partial charge is 0.465 e. The summed E-state index contributed by atoms with van der Waals surface area (Å²) in [7, 11) is 0. The maximum Gasteiger partial charge on any atom is 0.410 e. The zero-order valence-corrected chi connectivity index (χ0v) is 8.40. The molecule has 0 aromatic heterocycles. The van der Waals surface area contributed by atoms with Crippen molar-refractivity contribution in [3.63, 3.8) is 0 Å². The average Bonchev–Trinajstić information content (AvgIpc) is 2.34. The van der Waals surface area contributed by atoms with Gasteiger partial charge in [-0.25, -0.2) is 4.79 Å². The van der Waals surface area contributed by atoms with Crippen LogP contribution >= 0.6 is 24.6 Å². The summed E-state index contributed by atoms with van der Waals surface area (Å²) in [4.78, 5) is 11.8. The van der Waals surface area contributed by atoms with Gasteiger partial charge in [-0.05, 0) is 18.6 Å². The molecule has 0 unspecified atom stereocenters. The molecule has 1 aliphatic heterocycles. The summed E-state index contributed by atoms with van der Waals surface area (Å²) in [5, 5.41) is 19.7. The molecular weight excluding hydrogens is 216 g/mol. The number of hydrogen-bond acceptors (Lipinski definition) is 3. The molecule has 7 heteroatoms. The molecule has 0 aromatic rings. The second kappa shape index (κ2) is 5.21. The third-order valence-electron chi connectivity index (χ3n) is 1.66. The van der Waals surface area contributed by atoms with Crippen molar-refractivity contribution in [3.8, 4) is 0 Å². The van der Waals surface area contributed by atoms with Crippen LogP contribution in [-0.2, 0) is 0 Å². The number of amides is 1. The lowest BCUT2D eigenvalue weighted by Gasteiger charge is -2.17. The van der Waals surface area contributed by atoms with E-state index in [1.807, 2.05) is 0 Å². The minimum absolute atomic E-state index is 0. The third-order valence-corrected chi connectivity index (χ3v) is 2.02. The monoisotopic (exact) mass is 226 g/mol. The number of likely N-dealkylation sites (tertiary alicyclic amines) is 1. The van der Waals surface area contributed by atoms with E-state index >= 15 is 0 Å². The molecular formula is C6H11ClN2O3S. The van der Waals surface area contributed by atoms with E-state index in [9.17, 15) is 4.79 Å². The third kappa shape index (κ3) is 3.75. The number of thiocarbonyl (C=S) groups is 1. The van der Waals surface area contributed by atoms with Crippen LogP contribution in [0, 0.1) is 0 Å². The van der Waals surface area contributed by atoms with Gasteiger partial charge >= 0.3 is 6.09 Å². The van der Waals surface area contributed by atoms with Crippen molar-refractivity contribution < 1.29 is 15.0 Å². The molecule has 0 saturated carbocycles. The number of carboxylic acid groups (broad SMARTS) is 1. The lowest BCUT2D eigenvalue weighted by Crippen LogP contribution is -2.41. The van der Waals surface area contributed by atoms with Gasteiger partial charge in [0, 0.05) is 13.1 Å². The summed E-state index contributed by atoms with van der Waals surface area (Å²) in [5.41, 5.74) is 0. The minimum atomic E-state index is -1.17. The molecule has 1 fully saturated rings. The van der Waals surface area contributed by atoms with Gasteiger partial charge in [-0.3, -0.25) is 5.32 Å². The van der Waals surface area contributed by atoms with Gasteiger partial charge < -0.3 is 15.1 Å². The molecule has 76 valence electrons. The van der Waals surface area contributed by atoms with Crippen LogP contribution in [0.15, 0.2) is 0 Å². The Balaban J connectivity index is 0.00000144. The Morgan fingerprint density at radius 1 is 1.62 bits per heavy atom. The van der Waals surface area contributed by atoms with Gasteiger partial charge in [0.1, 0.15) is 0 Å². The molecule has 0 aliphatic carbocycles. The van der Waals surface area contributed by atoms with Gasteiger partial charge in [0.25, 0.3) is 0 Å². The number of halogens is 1. The fraction of sp³-hybridized carbons (Fsp3) is 0.667. The Labute approximate surface area is 87.1 Å². The van der Waals surface area contributed by atoms with Gasteiger partial charge in [-0.15, -0.1) is 12.4 Å². The van der Waals surface area contributed by atoms with Crippen LogP contribution in [0.25, 0.3) is 0 Å². The number of rotatable bonds is 0. The fourth-order valence-electron chi connectivity index (χ4n) is 1.10. The minimum Gasteiger partial charge on any atom is -0.465 e. The van der Waals surface area contributed by atoms with Gasteiger partial charge in [-0.2, -0.15) is 0 Å². The van der Waals surface area contributed by atoms with Crippen molar-refractivity contribution in [3.05, 3.63) is 0 Å². The van der Waals surface area contributed by atoms with E-state index in [-0.39, 0.29) is 17.5 Å². The molecule has 13 heavy (non-hydrogen) atoms. The van der Waals surface area contributed by atoms with E-state index in [0.29, 0.717) is 19.5 Å². The molecule has 1 heterocycles. The number of β-amino-alcohol motifs (C(OH)–C–C–N with tert-alkyl or cyclic N) is 1. The predicted octanol–water partition coefficient (Wildman–Crippen LogP) is 0.0273.